The summed E-state index contributed by atoms with van der Waals surface area (Å²) in [6, 6.07) is 0. The maximum absolute atomic E-state index is 11.8. The standard InChI is InChI=1S/C10H15N3O4S/c14-10(15)8-6-11-13-9(8)18(16,17)12-5-1-2-7-3-4-7/h6-7,12H,1-5H2,(H,11,13)(H,14,15). The van der Waals surface area contributed by atoms with E-state index in [9.17, 15) is 13.2 Å². The number of sulfonamides is 1. The number of carboxylic acid groups (broad SMARTS) is 1. The zero-order chi connectivity index (χ0) is 13.2. The van der Waals surface area contributed by atoms with E-state index < -0.39 is 16.0 Å². The second kappa shape index (κ2) is 5.07. The van der Waals surface area contributed by atoms with E-state index in [0.717, 1.165) is 25.0 Å². The largest absolute Gasteiger partial charge is 0.478 e. The van der Waals surface area contributed by atoms with Crippen molar-refractivity contribution in [2.24, 2.45) is 5.92 Å². The molecule has 1 aliphatic carbocycles. The average Bonchev–Trinajstić information content (AvgIpc) is 2.96. The number of aromatic nitrogens is 2. The molecular weight excluding hydrogens is 258 g/mol. The van der Waals surface area contributed by atoms with Crippen LogP contribution in [0.15, 0.2) is 11.2 Å². The summed E-state index contributed by atoms with van der Waals surface area (Å²) in [5.74, 6) is -0.571. The summed E-state index contributed by atoms with van der Waals surface area (Å²) in [6.07, 6.45) is 5.23. The highest BCUT2D eigenvalue weighted by Crippen LogP contribution is 2.33. The van der Waals surface area contributed by atoms with Crippen LogP contribution >= 0.6 is 0 Å². The summed E-state index contributed by atoms with van der Waals surface area (Å²) in [4.78, 5) is 10.8. The molecule has 1 aliphatic rings. The van der Waals surface area contributed by atoms with E-state index in [4.69, 9.17) is 5.11 Å². The molecule has 8 heteroatoms. The molecule has 1 aromatic heterocycles. The fourth-order valence-electron chi connectivity index (χ4n) is 1.71. The van der Waals surface area contributed by atoms with E-state index in [1.165, 1.54) is 12.8 Å². The molecule has 0 saturated heterocycles. The molecule has 18 heavy (non-hydrogen) atoms. The second-order valence-corrected chi connectivity index (χ2v) is 6.11. The van der Waals surface area contributed by atoms with E-state index >= 15 is 0 Å². The number of nitrogens with one attached hydrogen (secondary N) is 2. The van der Waals surface area contributed by atoms with Crippen LogP contribution in [-0.4, -0.2) is 36.2 Å². The van der Waals surface area contributed by atoms with Gasteiger partial charge in [-0.2, -0.15) is 5.10 Å². The first kappa shape index (κ1) is 13.0. The SMILES string of the molecule is O=C(O)c1cn[nH]c1S(=O)(=O)NCCCC1CC1. The van der Waals surface area contributed by atoms with Crippen molar-refractivity contribution in [2.45, 2.75) is 30.7 Å². The van der Waals surface area contributed by atoms with Crippen molar-refractivity contribution in [3.8, 4) is 0 Å². The van der Waals surface area contributed by atoms with Gasteiger partial charge in [-0.3, -0.25) is 5.10 Å². The van der Waals surface area contributed by atoms with Gasteiger partial charge in [-0.1, -0.05) is 12.8 Å². The molecule has 0 unspecified atom stereocenters. The van der Waals surface area contributed by atoms with Gasteiger partial charge >= 0.3 is 5.97 Å². The van der Waals surface area contributed by atoms with Crippen molar-refractivity contribution in [1.82, 2.24) is 14.9 Å². The zero-order valence-corrected chi connectivity index (χ0v) is 10.5. The average molecular weight is 273 g/mol. The van der Waals surface area contributed by atoms with Crippen molar-refractivity contribution < 1.29 is 18.3 Å². The Bertz CT molecular complexity index is 533. The molecule has 100 valence electrons. The number of nitrogens with zero attached hydrogens (tertiary/aromatic N) is 1. The second-order valence-electron chi connectivity index (χ2n) is 4.40. The van der Waals surface area contributed by atoms with Gasteiger partial charge in [0, 0.05) is 6.54 Å². The molecule has 0 radical (unpaired) electrons. The highest BCUT2D eigenvalue weighted by atomic mass is 32.2. The van der Waals surface area contributed by atoms with Crippen LogP contribution in [0, 0.1) is 5.92 Å². The summed E-state index contributed by atoms with van der Waals surface area (Å²) >= 11 is 0. The van der Waals surface area contributed by atoms with Crippen molar-refractivity contribution in [2.75, 3.05) is 6.54 Å². The van der Waals surface area contributed by atoms with Crippen LogP contribution in [0.1, 0.15) is 36.0 Å². The van der Waals surface area contributed by atoms with E-state index in [-0.39, 0.29) is 10.6 Å². The predicted molar refractivity (Wildman–Crippen MR) is 62.7 cm³/mol. The lowest BCUT2D eigenvalue weighted by Gasteiger charge is -2.05. The molecular formula is C10H15N3O4S. The minimum Gasteiger partial charge on any atom is -0.478 e. The maximum Gasteiger partial charge on any atom is 0.340 e. The third kappa shape index (κ3) is 3.08. The molecule has 1 aromatic rings. The number of aromatic carboxylic acids is 1. The van der Waals surface area contributed by atoms with Crippen LogP contribution < -0.4 is 4.72 Å². The lowest BCUT2D eigenvalue weighted by molar-refractivity contribution is 0.0692. The summed E-state index contributed by atoms with van der Waals surface area (Å²) in [7, 11) is -3.82. The van der Waals surface area contributed by atoms with Crippen molar-refractivity contribution in [3.63, 3.8) is 0 Å². The molecule has 0 aromatic carbocycles. The third-order valence-corrected chi connectivity index (χ3v) is 4.31. The molecule has 0 spiro atoms. The van der Waals surface area contributed by atoms with Gasteiger partial charge < -0.3 is 5.11 Å². The molecule has 7 nitrogen and oxygen atoms in total. The number of hydrogen-bond acceptors (Lipinski definition) is 4. The fraction of sp³-hybridized carbons (Fsp3) is 0.600. The van der Waals surface area contributed by atoms with Crippen LogP contribution in [0.2, 0.25) is 0 Å². The zero-order valence-electron chi connectivity index (χ0n) is 9.72. The molecule has 1 fully saturated rings. The Hall–Kier alpha value is -1.41. The van der Waals surface area contributed by atoms with Crippen molar-refractivity contribution in [1.29, 1.82) is 0 Å². The first-order valence-electron chi connectivity index (χ1n) is 5.77. The Morgan fingerprint density at radius 2 is 2.28 bits per heavy atom. The van der Waals surface area contributed by atoms with Gasteiger partial charge in [-0.15, -0.1) is 0 Å². The van der Waals surface area contributed by atoms with Gasteiger partial charge in [0.05, 0.1) is 6.20 Å². The van der Waals surface area contributed by atoms with Crippen LogP contribution in [0.4, 0.5) is 0 Å². The Kier molecular flexibility index (Phi) is 3.67. The number of hydrogen-bond donors (Lipinski definition) is 3. The van der Waals surface area contributed by atoms with Crippen LogP contribution in [0.5, 0.6) is 0 Å². The van der Waals surface area contributed by atoms with E-state index in [0.29, 0.717) is 6.54 Å². The highest BCUT2D eigenvalue weighted by molar-refractivity contribution is 7.89. The number of carboxylic acids is 1. The highest BCUT2D eigenvalue weighted by Gasteiger charge is 2.25. The maximum atomic E-state index is 11.8. The number of rotatable bonds is 7. The van der Waals surface area contributed by atoms with E-state index in [1.807, 2.05) is 0 Å². The fourth-order valence-corrected chi connectivity index (χ4v) is 2.87. The van der Waals surface area contributed by atoms with Crippen LogP contribution in [0.3, 0.4) is 0 Å². The molecule has 0 bridgehead atoms. The minimum absolute atomic E-state index is 0.316. The monoisotopic (exact) mass is 273 g/mol. The van der Waals surface area contributed by atoms with Gasteiger partial charge in [0.1, 0.15) is 5.56 Å². The molecule has 1 heterocycles. The number of H-pyrrole nitrogens is 1. The van der Waals surface area contributed by atoms with Crippen molar-refractivity contribution >= 4 is 16.0 Å². The Labute approximate surface area is 105 Å². The molecule has 1 saturated carbocycles. The summed E-state index contributed by atoms with van der Waals surface area (Å²) < 4.78 is 26.0. The topological polar surface area (TPSA) is 112 Å². The third-order valence-electron chi connectivity index (χ3n) is 2.88. The number of aromatic amines is 1. The van der Waals surface area contributed by atoms with Crippen LogP contribution in [-0.2, 0) is 10.0 Å². The Balaban J connectivity index is 1.95. The molecule has 0 aliphatic heterocycles. The first-order valence-corrected chi connectivity index (χ1v) is 7.25. The number of carbonyl (C=O) groups is 1. The molecule has 2 rings (SSSR count). The molecule has 3 N–H and O–H groups in total. The van der Waals surface area contributed by atoms with E-state index in [2.05, 4.69) is 14.9 Å². The quantitative estimate of drug-likeness (QED) is 0.629. The smallest absolute Gasteiger partial charge is 0.340 e. The lowest BCUT2D eigenvalue weighted by atomic mass is 10.2. The first-order chi connectivity index (χ1) is 8.50. The van der Waals surface area contributed by atoms with Gasteiger partial charge in [0.15, 0.2) is 5.03 Å². The summed E-state index contributed by atoms with van der Waals surface area (Å²) in [5.41, 5.74) is -0.343. The van der Waals surface area contributed by atoms with Crippen molar-refractivity contribution in [3.05, 3.63) is 11.8 Å². The van der Waals surface area contributed by atoms with Gasteiger partial charge in [0.25, 0.3) is 10.0 Å². The van der Waals surface area contributed by atoms with Gasteiger partial charge in [-0.25, -0.2) is 17.9 Å². The molecule has 0 atom stereocenters. The Morgan fingerprint density at radius 1 is 1.56 bits per heavy atom. The predicted octanol–water partition coefficient (Wildman–Crippen LogP) is 0.576. The lowest BCUT2D eigenvalue weighted by Crippen LogP contribution is -2.26. The summed E-state index contributed by atoms with van der Waals surface area (Å²) in [6.45, 7) is 0.316. The summed E-state index contributed by atoms with van der Waals surface area (Å²) in [5, 5.41) is 14.1. The minimum atomic E-state index is -3.82. The van der Waals surface area contributed by atoms with Crippen LogP contribution in [0.25, 0.3) is 0 Å². The van der Waals surface area contributed by atoms with Gasteiger partial charge in [-0.05, 0) is 18.8 Å². The Morgan fingerprint density at radius 3 is 2.89 bits per heavy atom. The van der Waals surface area contributed by atoms with E-state index in [1.54, 1.807) is 0 Å². The van der Waals surface area contributed by atoms with Gasteiger partial charge in [0.2, 0.25) is 0 Å². The normalized spacial score (nSPS) is 15.8. The molecule has 0 amide bonds.